The summed E-state index contributed by atoms with van der Waals surface area (Å²) in [7, 11) is -3.74. The Labute approximate surface area is 171 Å². The van der Waals surface area contributed by atoms with Gasteiger partial charge in [-0.2, -0.15) is 0 Å². The molecule has 29 heavy (non-hydrogen) atoms. The maximum atomic E-state index is 13.2. The van der Waals surface area contributed by atoms with Gasteiger partial charge in [-0.05, 0) is 68.1 Å². The Bertz CT molecular complexity index is 1340. The highest BCUT2D eigenvalue weighted by atomic mass is 32.2. The van der Waals surface area contributed by atoms with E-state index in [9.17, 15) is 8.42 Å². The van der Waals surface area contributed by atoms with Crippen LogP contribution in [-0.2, 0) is 10.0 Å². The summed E-state index contributed by atoms with van der Waals surface area (Å²) in [5.74, 6) is 0. The molecule has 2 aromatic carbocycles. The zero-order valence-electron chi connectivity index (χ0n) is 16.9. The van der Waals surface area contributed by atoms with Crippen LogP contribution in [0.4, 0.5) is 5.69 Å². The molecule has 0 saturated carbocycles. The number of nitrogens with zero attached hydrogens (tertiary/aromatic N) is 2. The summed E-state index contributed by atoms with van der Waals surface area (Å²) < 4.78 is 31.0. The molecule has 0 spiro atoms. The first-order chi connectivity index (χ1) is 13.8. The quantitative estimate of drug-likeness (QED) is 0.518. The molecule has 1 N–H and O–H groups in total. The Morgan fingerprint density at radius 1 is 0.862 bits per heavy atom. The highest BCUT2D eigenvalue weighted by Gasteiger charge is 2.20. The molecular formula is C23H23N3O2S. The number of hydrogen-bond donors (Lipinski definition) is 1. The third-order valence-electron chi connectivity index (χ3n) is 5.21. The van der Waals surface area contributed by atoms with Crippen LogP contribution in [0.5, 0.6) is 0 Å². The Kier molecular flexibility index (Phi) is 4.67. The van der Waals surface area contributed by atoms with Crippen molar-refractivity contribution in [3.05, 3.63) is 83.2 Å². The van der Waals surface area contributed by atoms with E-state index in [0.29, 0.717) is 10.6 Å². The number of para-hydroxylation sites is 1. The average molecular weight is 406 g/mol. The van der Waals surface area contributed by atoms with Crippen LogP contribution in [0.1, 0.15) is 22.3 Å². The third-order valence-corrected chi connectivity index (χ3v) is 6.71. The number of aryl methyl sites for hydroxylation is 4. The Hall–Kier alpha value is -3.12. The van der Waals surface area contributed by atoms with Crippen LogP contribution in [0, 0.1) is 27.7 Å². The average Bonchev–Trinajstić information content (AvgIpc) is 3.10. The number of benzene rings is 2. The summed E-state index contributed by atoms with van der Waals surface area (Å²) in [6.45, 7) is 7.72. The monoisotopic (exact) mass is 405 g/mol. The highest BCUT2D eigenvalue weighted by Crippen LogP contribution is 2.30. The molecule has 0 amide bonds. The summed E-state index contributed by atoms with van der Waals surface area (Å²) in [6.07, 6.45) is 3.85. The van der Waals surface area contributed by atoms with Gasteiger partial charge in [-0.3, -0.25) is 4.72 Å². The number of nitrogens with one attached hydrogen (secondary N) is 1. The fourth-order valence-electron chi connectivity index (χ4n) is 3.50. The highest BCUT2D eigenvalue weighted by molar-refractivity contribution is 7.92. The summed E-state index contributed by atoms with van der Waals surface area (Å²) in [5.41, 5.74) is 6.61. The lowest BCUT2D eigenvalue weighted by Crippen LogP contribution is -2.15. The summed E-state index contributed by atoms with van der Waals surface area (Å²) in [6, 6.07) is 14.9. The Morgan fingerprint density at radius 3 is 2.34 bits per heavy atom. The molecule has 0 fully saturated rings. The molecule has 2 aromatic heterocycles. The van der Waals surface area contributed by atoms with Crippen molar-refractivity contribution in [1.29, 1.82) is 0 Å². The van der Waals surface area contributed by atoms with Crippen LogP contribution in [0.15, 0.2) is 65.8 Å². The predicted octanol–water partition coefficient (Wildman–Crippen LogP) is 5.04. The van der Waals surface area contributed by atoms with Crippen molar-refractivity contribution in [2.45, 2.75) is 32.6 Å². The van der Waals surface area contributed by atoms with Gasteiger partial charge in [0.25, 0.3) is 10.0 Å². The lowest BCUT2D eigenvalue weighted by atomic mass is 10.1. The van der Waals surface area contributed by atoms with Crippen LogP contribution in [0.2, 0.25) is 0 Å². The minimum Gasteiger partial charge on any atom is -0.306 e. The van der Waals surface area contributed by atoms with Gasteiger partial charge in [0.05, 0.1) is 16.3 Å². The van der Waals surface area contributed by atoms with Crippen molar-refractivity contribution in [1.82, 2.24) is 9.38 Å². The summed E-state index contributed by atoms with van der Waals surface area (Å²) in [4.78, 5) is 5.01. The molecule has 2 heterocycles. The number of fused-ring (bicyclic) bond motifs is 1. The maximum absolute atomic E-state index is 13.2. The van der Waals surface area contributed by atoms with Gasteiger partial charge >= 0.3 is 0 Å². The summed E-state index contributed by atoms with van der Waals surface area (Å²) in [5, 5.41) is 0. The number of pyridine rings is 1. The molecular weight excluding hydrogens is 382 g/mol. The molecule has 4 rings (SSSR count). The van der Waals surface area contributed by atoms with E-state index in [1.54, 1.807) is 12.1 Å². The number of aromatic nitrogens is 2. The molecule has 0 atom stereocenters. The van der Waals surface area contributed by atoms with Crippen molar-refractivity contribution in [3.8, 4) is 11.3 Å². The van der Waals surface area contributed by atoms with Gasteiger partial charge in [-0.15, -0.1) is 0 Å². The predicted molar refractivity (Wildman–Crippen MR) is 117 cm³/mol. The van der Waals surface area contributed by atoms with Crippen molar-refractivity contribution in [3.63, 3.8) is 0 Å². The van der Waals surface area contributed by atoms with Crippen LogP contribution >= 0.6 is 0 Å². The van der Waals surface area contributed by atoms with Gasteiger partial charge in [0.1, 0.15) is 5.65 Å². The lowest BCUT2D eigenvalue weighted by molar-refractivity contribution is 0.600. The van der Waals surface area contributed by atoms with Crippen molar-refractivity contribution in [2.75, 3.05) is 4.72 Å². The molecule has 148 valence electrons. The van der Waals surface area contributed by atoms with Gasteiger partial charge in [0.2, 0.25) is 0 Å². The number of anilines is 1. The smallest absolute Gasteiger partial charge is 0.262 e. The fraction of sp³-hybridized carbons (Fsp3) is 0.174. The molecule has 0 aliphatic rings. The second-order valence-electron chi connectivity index (χ2n) is 7.40. The third kappa shape index (κ3) is 3.51. The number of imidazole rings is 1. The standard InChI is InChI=1S/C23H23N3O2S/c1-15-8-7-11-26-14-21(24-23(15)26)19-9-5-6-10-20(19)25-29(27,28)22-13-17(3)16(2)12-18(22)4/h5-14,25H,1-4H3. The van der Waals surface area contributed by atoms with Crippen molar-refractivity contribution >= 4 is 21.4 Å². The van der Waals surface area contributed by atoms with Gasteiger partial charge in [-0.1, -0.05) is 30.3 Å². The largest absolute Gasteiger partial charge is 0.306 e. The van der Waals surface area contributed by atoms with Gasteiger partial charge in [-0.25, -0.2) is 13.4 Å². The fourth-order valence-corrected chi connectivity index (χ4v) is 4.89. The van der Waals surface area contributed by atoms with Crippen LogP contribution in [-0.4, -0.2) is 17.8 Å². The molecule has 4 aromatic rings. The van der Waals surface area contributed by atoms with E-state index in [-0.39, 0.29) is 0 Å². The molecule has 0 bridgehead atoms. The Morgan fingerprint density at radius 2 is 1.59 bits per heavy atom. The van der Waals surface area contributed by atoms with Crippen LogP contribution in [0.3, 0.4) is 0 Å². The Balaban J connectivity index is 1.79. The zero-order chi connectivity index (χ0) is 20.8. The van der Waals surface area contributed by atoms with Crippen LogP contribution in [0.25, 0.3) is 16.9 Å². The first-order valence-electron chi connectivity index (χ1n) is 9.40. The number of rotatable bonds is 4. The first-order valence-corrected chi connectivity index (χ1v) is 10.9. The van der Waals surface area contributed by atoms with Crippen LogP contribution < -0.4 is 4.72 Å². The molecule has 0 aliphatic heterocycles. The van der Waals surface area contributed by atoms with Gasteiger partial charge in [0.15, 0.2) is 0 Å². The van der Waals surface area contributed by atoms with E-state index in [2.05, 4.69) is 4.72 Å². The number of hydrogen-bond acceptors (Lipinski definition) is 3. The molecule has 0 saturated heterocycles. The van der Waals surface area contributed by atoms with E-state index in [4.69, 9.17) is 4.98 Å². The second-order valence-corrected chi connectivity index (χ2v) is 9.05. The topological polar surface area (TPSA) is 63.5 Å². The van der Waals surface area contributed by atoms with Gasteiger partial charge < -0.3 is 4.40 Å². The lowest BCUT2D eigenvalue weighted by Gasteiger charge is -2.14. The van der Waals surface area contributed by atoms with E-state index in [1.165, 1.54) is 0 Å². The molecule has 0 aliphatic carbocycles. The SMILES string of the molecule is Cc1cc(C)c(S(=O)(=O)Nc2ccccc2-c2cn3cccc(C)c3n2)cc1C. The van der Waals surface area contributed by atoms with Crippen molar-refractivity contribution < 1.29 is 8.42 Å². The minimum absolute atomic E-state index is 0.293. The van der Waals surface area contributed by atoms with E-state index < -0.39 is 10.0 Å². The zero-order valence-corrected chi connectivity index (χ0v) is 17.7. The normalized spacial score (nSPS) is 11.7. The second kappa shape index (κ2) is 7.04. The molecule has 6 heteroatoms. The maximum Gasteiger partial charge on any atom is 0.262 e. The molecule has 0 unspecified atom stereocenters. The molecule has 0 radical (unpaired) electrons. The van der Waals surface area contributed by atoms with E-state index in [0.717, 1.165) is 39.2 Å². The van der Waals surface area contributed by atoms with E-state index in [1.807, 2.05) is 80.9 Å². The summed E-state index contributed by atoms with van der Waals surface area (Å²) >= 11 is 0. The first kappa shape index (κ1) is 19.2. The van der Waals surface area contributed by atoms with Gasteiger partial charge in [0, 0.05) is 18.0 Å². The van der Waals surface area contributed by atoms with Crippen molar-refractivity contribution in [2.24, 2.45) is 0 Å². The minimum atomic E-state index is -3.74. The molecule has 5 nitrogen and oxygen atoms in total. The number of sulfonamides is 1. The van der Waals surface area contributed by atoms with E-state index >= 15 is 0 Å².